The summed E-state index contributed by atoms with van der Waals surface area (Å²) < 4.78 is 2.08. The molecule has 2 nitrogen and oxygen atoms in total. The Morgan fingerprint density at radius 2 is 1.72 bits per heavy atom. The molecule has 1 aromatic heterocycles. The van der Waals surface area contributed by atoms with Gasteiger partial charge >= 0.3 is 0 Å². The summed E-state index contributed by atoms with van der Waals surface area (Å²) in [5, 5.41) is 5.61. The first-order chi connectivity index (χ1) is 8.81. The second-order valence-electron chi connectivity index (χ2n) is 5.65. The standard InChI is InChI=1S/C14H20Cl2N2/c15-9-12-13(10-7-8-10)17-18(14(12)16)11-5-3-1-2-4-6-11/h10-11H,1-9H2. The van der Waals surface area contributed by atoms with Gasteiger partial charge in [0, 0.05) is 11.5 Å². The topological polar surface area (TPSA) is 17.8 Å². The Morgan fingerprint density at radius 1 is 1.06 bits per heavy atom. The fraction of sp³-hybridized carbons (Fsp3) is 0.786. The van der Waals surface area contributed by atoms with Gasteiger partial charge in [0.15, 0.2) is 0 Å². The summed E-state index contributed by atoms with van der Waals surface area (Å²) in [4.78, 5) is 0. The summed E-state index contributed by atoms with van der Waals surface area (Å²) in [5.41, 5.74) is 2.27. The molecule has 0 saturated heterocycles. The van der Waals surface area contributed by atoms with Crippen LogP contribution >= 0.6 is 23.2 Å². The van der Waals surface area contributed by atoms with Gasteiger partial charge < -0.3 is 0 Å². The van der Waals surface area contributed by atoms with Gasteiger partial charge in [-0.1, -0.05) is 37.3 Å². The Morgan fingerprint density at radius 3 is 2.28 bits per heavy atom. The highest BCUT2D eigenvalue weighted by Crippen LogP contribution is 2.44. The summed E-state index contributed by atoms with van der Waals surface area (Å²) in [5.74, 6) is 1.13. The van der Waals surface area contributed by atoms with Crippen molar-refractivity contribution in [3.05, 3.63) is 16.4 Å². The van der Waals surface area contributed by atoms with Crippen LogP contribution in [0, 0.1) is 0 Å². The van der Waals surface area contributed by atoms with Crippen molar-refractivity contribution in [2.75, 3.05) is 0 Å². The van der Waals surface area contributed by atoms with Gasteiger partial charge in [-0.15, -0.1) is 11.6 Å². The predicted octanol–water partition coefficient (Wildman–Crippen LogP) is 5.05. The molecule has 2 aliphatic carbocycles. The van der Waals surface area contributed by atoms with E-state index >= 15 is 0 Å². The van der Waals surface area contributed by atoms with Crippen LogP contribution in [0.2, 0.25) is 5.15 Å². The molecule has 1 aromatic rings. The number of aromatic nitrogens is 2. The van der Waals surface area contributed by atoms with E-state index in [0.29, 0.717) is 17.8 Å². The van der Waals surface area contributed by atoms with Crippen LogP contribution in [0.15, 0.2) is 0 Å². The molecule has 0 atom stereocenters. The lowest BCUT2D eigenvalue weighted by atomic mass is 10.1. The number of halogens is 2. The third kappa shape index (κ3) is 2.42. The van der Waals surface area contributed by atoms with Gasteiger partial charge in [-0.3, -0.25) is 4.68 Å². The molecule has 0 N–H and O–H groups in total. The zero-order valence-electron chi connectivity index (χ0n) is 10.7. The quantitative estimate of drug-likeness (QED) is 0.562. The monoisotopic (exact) mass is 286 g/mol. The molecule has 0 radical (unpaired) electrons. The third-order valence-corrected chi connectivity index (χ3v) is 4.91. The molecular weight excluding hydrogens is 267 g/mol. The van der Waals surface area contributed by atoms with Gasteiger partial charge in [0.25, 0.3) is 0 Å². The van der Waals surface area contributed by atoms with Crippen LogP contribution in [0.3, 0.4) is 0 Å². The first-order valence-corrected chi connectivity index (χ1v) is 8.05. The highest BCUT2D eigenvalue weighted by atomic mass is 35.5. The number of nitrogens with zero attached hydrogens (tertiary/aromatic N) is 2. The van der Waals surface area contributed by atoms with Gasteiger partial charge in [0.05, 0.1) is 17.6 Å². The van der Waals surface area contributed by atoms with Crippen LogP contribution in [-0.4, -0.2) is 9.78 Å². The fourth-order valence-electron chi connectivity index (χ4n) is 3.02. The van der Waals surface area contributed by atoms with Crippen LogP contribution in [-0.2, 0) is 5.88 Å². The third-order valence-electron chi connectivity index (χ3n) is 4.24. The Bertz CT molecular complexity index is 416. The van der Waals surface area contributed by atoms with Crippen LogP contribution in [0.4, 0.5) is 0 Å². The zero-order chi connectivity index (χ0) is 12.5. The SMILES string of the molecule is ClCc1c(C2CC2)nn(C2CCCCCC2)c1Cl. The van der Waals surface area contributed by atoms with Gasteiger partial charge in [0.2, 0.25) is 0 Å². The molecule has 0 unspecified atom stereocenters. The molecule has 2 saturated carbocycles. The molecule has 0 aromatic carbocycles. The van der Waals surface area contributed by atoms with Crippen molar-refractivity contribution in [3.8, 4) is 0 Å². The molecule has 0 aliphatic heterocycles. The second kappa shape index (κ2) is 5.42. The van der Waals surface area contributed by atoms with Crippen molar-refractivity contribution in [3.63, 3.8) is 0 Å². The molecule has 0 amide bonds. The maximum atomic E-state index is 6.50. The lowest BCUT2D eigenvalue weighted by molar-refractivity contribution is 0.403. The minimum Gasteiger partial charge on any atom is -0.250 e. The molecule has 1 heterocycles. The van der Waals surface area contributed by atoms with Crippen LogP contribution in [0.25, 0.3) is 0 Å². The summed E-state index contributed by atoms with van der Waals surface area (Å²) in [6, 6.07) is 0.495. The van der Waals surface area contributed by atoms with Crippen molar-refractivity contribution in [1.29, 1.82) is 0 Å². The van der Waals surface area contributed by atoms with E-state index in [4.69, 9.17) is 28.3 Å². The second-order valence-corrected chi connectivity index (χ2v) is 6.28. The van der Waals surface area contributed by atoms with Crippen LogP contribution in [0.5, 0.6) is 0 Å². The zero-order valence-corrected chi connectivity index (χ0v) is 12.2. The predicted molar refractivity (Wildman–Crippen MR) is 75.5 cm³/mol. The Balaban J connectivity index is 1.90. The molecule has 100 valence electrons. The highest BCUT2D eigenvalue weighted by Gasteiger charge is 2.32. The molecular formula is C14H20Cl2N2. The number of hydrogen-bond donors (Lipinski definition) is 0. The normalized spacial score (nSPS) is 22.1. The first kappa shape index (κ1) is 12.8. The van der Waals surface area contributed by atoms with Gasteiger partial charge in [-0.05, 0) is 25.7 Å². The number of alkyl halides is 1. The van der Waals surface area contributed by atoms with E-state index in [9.17, 15) is 0 Å². The highest BCUT2D eigenvalue weighted by molar-refractivity contribution is 6.31. The maximum absolute atomic E-state index is 6.50. The molecule has 0 spiro atoms. The minimum atomic E-state index is 0.495. The lowest BCUT2D eigenvalue weighted by Gasteiger charge is -2.15. The van der Waals surface area contributed by atoms with Crippen LogP contribution in [0.1, 0.15) is 74.6 Å². The van der Waals surface area contributed by atoms with Gasteiger partial charge in [0.1, 0.15) is 5.15 Å². The molecule has 4 heteroatoms. The van der Waals surface area contributed by atoms with E-state index in [1.165, 1.54) is 57.1 Å². The fourth-order valence-corrected chi connectivity index (χ4v) is 3.69. The Hall–Kier alpha value is -0.210. The molecule has 3 rings (SSSR count). The Kier molecular flexibility index (Phi) is 3.86. The van der Waals surface area contributed by atoms with E-state index in [0.717, 1.165) is 10.7 Å². The molecule has 18 heavy (non-hydrogen) atoms. The van der Waals surface area contributed by atoms with Crippen molar-refractivity contribution in [1.82, 2.24) is 9.78 Å². The van der Waals surface area contributed by atoms with E-state index in [2.05, 4.69) is 4.68 Å². The van der Waals surface area contributed by atoms with Crippen LogP contribution < -0.4 is 0 Å². The molecule has 2 fully saturated rings. The average Bonchev–Trinajstić information content (AvgIpc) is 3.18. The van der Waals surface area contributed by atoms with Crippen molar-refractivity contribution in [2.45, 2.75) is 69.2 Å². The number of rotatable bonds is 3. The Labute approximate surface area is 119 Å². The van der Waals surface area contributed by atoms with E-state index in [1.807, 2.05) is 0 Å². The lowest BCUT2D eigenvalue weighted by Crippen LogP contribution is -2.10. The largest absolute Gasteiger partial charge is 0.250 e. The van der Waals surface area contributed by atoms with Crippen molar-refractivity contribution >= 4 is 23.2 Å². The molecule has 2 aliphatic rings. The minimum absolute atomic E-state index is 0.495. The average molecular weight is 287 g/mol. The first-order valence-electron chi connectivity index (χ1n) is 7.14. The summed E-state index contributed by atoms with van der Waals surface area (Å²) in [7, 11) is 0. The van der Waals surface area contributed by atoms with Gasteiger partial charge in [-0.2, -0.15) is 5.10 Å². The molecule has 0 bridgehead atoms. The summed E-state index contributed by atoms with van der Waals surface area (Å²) >= 11 is 12.6. The van der Waals surface area contributed by atoms with E-state index in [-0.39, 0.29) is 0 Å². The van der Waals surface area contributed by atoms with Crippen molar-refractivity contribution in [2.24, 2.45) is 0 Å². The van der Waals surface area contributed by atoms with Gasteiger partial charge in [-0.25, -0.2) is 0 Å². The maximum Gasteiger partial charge on any atom is 0.132 e. The van der Waals surface area contributed by atoms with E-state index in [1.54, 1.807) is 0 Å². The number of hydrogen-bond acceptors (Lipinski definition) is 1. The van der Waals surface area contributed by atoms with Crippen molar-refractivity contribution < 1.29 is 0 Å². The smallest absolute Gasteiger partial charge is 0.132 e. The summed E-state index contributed by atoms with van der Waals surface area (Å²) in [6.45, 7) is 0. The summed E-state index contributed by atoms with van der Waals surface area (Å²) in [6.07, 6.45) is 10.2. The van der Waals surface area contributed by atoms with E-state index < -0.39 is 0 Å².